The number of primary amides is 1. The third-order valence-electron chi connectivity index (χ3n) is 3.15. The minimum Gasteiger partial charge on any atom is -0.399 e. The van der Waals surface area contributed by atoms with E-state index in [1.165, 1.54) is 0 Å². The molecule has 1 heterocycles. The number of nitrogens with zero attached hydrogens (tertiary/aromatic N) is 2. The molecule has 1 aromatic heterocycles. The molecule has 0 aliphatic carbocycles. The summed E-state index contributed by atoms with van der Waals surface area (Å²) in [6, 6.07) is 9.46. The number of fused-ring (bicyclic) bond motifs is 1. The Morgan fingerprint density at radius 3 is 2.80 bits per heavy atom. The second-order valence-electron chi connectivity index (χ2n) is 4.86. The van der Waals surface area contributed by atoms with E-state index in [9.17, 15) is 4.79 Å². The molecule has 5 nitrogen and oxygen atoms in total. The third kappa shape index (κ3) is 3.38. The number of carbonyl (C=O) groups is 1. The van der Waals surface area contributed by atoms with Crippen molar-refractivity contribution in [1.29, 1.82) is 0 Å². The van der Waals surface area contributed by atoms with Gasteiger partial charge in [0.05, 0.1) is 12.1 Å². The van der Waals surface area contributed by atoms with Gasteiger partial charge >= 0.3 is 0 Å². The number of nitrogen functional groups attached to an aromatic ring is 1. The van der Waals surface area contributed by atoms with Crippen LogP contribution in [0.4, 0.5) is 11.5 Å². The van der Waals surface area contributed by atoms with E-state index in [1.807, 2.05) is 35.2 Å². The fourth-order valence-electron chi connectivity index (χ4n) is 2.12. The highest BCUT2D eigenvalue weighted by Crippen LogP contribution is 2.20. The zero-order valence-electron chi connectivity index (χ0n) is 11.7. The van der Waals surface area contributed by atoms with E-state index < -0.39 is 0 Å². The summed E-state index contributed by atoms with van der Waals surface area (Å²) in [6.07, 6.45) is 2.05. The molecule has 0 aliphatic rings. The van der Waals surface area contributed by atoms with E-state index in [0.29, 0.717) is 5.69 Å². The fourth-order valence-corrected chi connectivity index (χ4v) is 2.12. The number of hydrogen-bond donors (Lipinski definition) is 2. The lowest BCUT2D eigenvalue weighted by molar-refractivity contribution is -0.116. The first kappa shape index (κ1) is 14.1. The van der Waals surface area contributed by atoms with Crippen molar-refractivity contribution in [2.24, 2.45) is 5.73 Å². The maximum absolute atomic E-state index is 11.2. The zero-order valence-corrected chi connectivity index (χ0v) is 11.7. The Morgan fingerprint density at radius 2 is 2.10 bits per heavy atom. The molecule has 2 aromatic rings. The SMILES string of the molecule is CCCCN(CC(N)=O)c1ccc2cc(N)ccc2n1. The Balaban J connectivity index is 2.32. The van der Waals surface area contributed by atoms with Gasteiger partial charge in [-0.25, -0.2) is 4.98 Å². The summed E-state index contributed by atoms with van der Waals surface area (Å²) in [4.78, 5) is 17.7. The maximum atomic E-state index is 11.2. The van der Waals surface area contributed by atoms with Crippen LogP contribution in [0.15, 0.2) is 30.3 Å². The van der Waals surface area contributed by atoms with Gasteiger partial charge in [-0.2, -0.15) is 0 Å². The van der Waals surface area contributed by atoms with E-state index >= 15 is 0 Å². The first-order valence-electron chi connectivity index (χ1n) is 6.79. The van der Waals surface area contributed by atoms with Gasteiger partial charge in [-0.3, -0.25) is 4.79 Å². The molecule has 0 fully saturated rings. The average Bonchev–Trinajstić information content (AvgIpc) is 2.42. The van der Waals surface area contributed by atoms with Crippen molar-refractivity contribution < 1.29 is 4.79 Å². The van der Waals surface area contributed by atoms with Crippen molar-refractivity contribution in [3.8, 4) is 0 Å². The maximum Gasteiger partial charge on any atom is 0.236 e. The highest BCUT2D eigenvalue weighted by atomic mass is 16.1. The van der Waals surface area contributed by atoms with Crippen molar-refractivity contribution in [2.45, 2.75) is 19.8 Å². The highest BCUT2D eigenvalue weighted by molar-refractivity contribution is 5.84. The standard InChI is InChI=1S/C15H20N4O/c1-2-3-8-19(10-14(17)20)15-7-4-11-9-12(16)5-6-13(11)18-15/h4-7,9H,2-3,8,10,16H2,1H3,(H2,17,20). The van der Waals surface area contributed by atoms with Crippen LogP contribution in [0.1, 0.15) is 19.8 Å². The van der Waals surface area contributed by atoms with Crippen molar-refractivity contribution in [3.05, 3.63) is 30.3 Å². The molecule has 20 heavy (non-hydrogen) atoms. The van der Waals surface area contributed by atoms with Gasteiger partial charge in [0.15, 0.2) is 0 Å². The number of benzene rings is 1. The van der Waals surface area contributed by atoms with Crippen LogP contribution in [0.25, 0.3) is 10.9 Å². The number of nitrogens with two attached hydrogens (primary N) is 2. The second kappa shape index (κ2) is 6.23. The Bertz CT molecular complexity index is 612. The minimum absolute atomic E-state index is 0.188. The second-order valence-corrected chi connectivity index (χ2v) is 4.86. The third-order valence-corrected chi connectivity index (χ3v) is 3.15. The predicted molar refractivity (Wildman–Crippen MR) is 82.5 cm³/mol. The van der Waals surface area contributed by atoms with Crippen LogP contribution in [0.3, 0.4) is 0 Å². The van der Waals surface area contributed by atoms with Gasteiger partial charge < -0.3 is 16.4 Å². The Kier molecular flexibility index (Phi) is 4.40. The lowest BCUT2D eigenvalue weighted by atomic mass is 10.2. The molecule has 106 valence electrons. The quantitative estimate of drug-likeness (QED) is 0.787. The van der Waals surface area contributed by atoms with Gasteiger partial charge in [0.2, 0.25) is 5.91 Å². The van der Waals surface area contributed by atoms with Crippen molar-refractivity contribution in [2.75, 3.05) is 23.7 Å². The highest BCUT2D eigenvalue weighted by Gasteiger charge is 2.11. The lowest BCUT2D eigenvalue weighted by Crippen LogP contribution is -2.35. The molecule has 0 saturated carbocycles. The molecular formula is C15H20N4O. The van der Waals surface area contributed by atoms with Crippen LogP contribution in [0.2, 0.25) is 0 Å². The van der Waals surface area contributed by atoms with E-state index in [4.69, 9.17) is 11.5 Å². The molecule has 0 radical (unpaired) electrons. The molecule has 0 bridgehead atoms. The van der Waals surface area contributed by atoms with Gasteiger partial charge in [-0.1, -0.05) is 13.3 Å². The van der Waals surface area contributed by atoms with Crippen LogP contribution in [-0.2, 0) is 4.79 Å². The first-order chi connectivity index (χ1) is 9.60. The topological polar surface area (TPSA) is 85.2 Å². The lowest BCUT2D eigenvalue weighted by Gasteiger charge is -2.22. The molecule has 4 N–H and O–H groups in total. The number of carbonyl (C=O) groups excluding carboxylic acids is 1. The predicted octanol–water partition coefficient (Wildman–Crippen LogP) is 1.91. The largest absolute Gasteiger partial charge is 0.399 e. The van der Waals surface area contributed by atoms with Crippen LogP contribution in [-0.4, -0.2) is 24.0 Å². The molecule has 0 aliphatic heterocycles. The molecule has 5 heteroatoms. The number of aromatic nitrogens is 1. The summed E-state index contributed by atoms with van der Waals surface area (Å²) < 4.78 is 0. The minimum atomic E-state index is -0.347. The molecule has 0 saturated heterocycles. The van der Waals surface area contributed by atoms with E-state index in [1.54, 1.807) is 0 Å². The Labute approximate surface area is 118 Å². The van der Waals surface area contributed by atoms with Crippen LogP contribution in [0.5, 0.6) is 0 Å². The van der Waals surface area contributed by atoms with E-state index in [-0.39, 0.29) is 12.5 Å². The van der Waals surface area contributed by atoms with Crippen molar-refractivity contribution in [1.82, 2.24) is 4.98 Å². The number of rotatable bonds is 6. The average molecular weight is 272 g/mol. The summed E-state index contributed by atoms with van der Waals surface area (Å²) >= 11 is 0. The Hall–Kier alpha value is -2.30. The van der Waals surface area contributed by atoms with Crippen molar-refractivity contribution in [3.63, 3.8) is 0 Å². The van der Waals surface area contributed by atoms with Gasteiger partial charge in [0, 0.05) is 17.6 Å². The normalized spacial score (nSPS) is 10.7. The number of amides is 1. The van der Waals surface area contributed by atoms with Crippen molar-refractivity contribution >= 4 is 28.3 Å². The molecule has 0 spiro atoms. The summed E-state index contributed by atoms with van der Waals surface area (Å²) in [6.45, 7) is 3.07. The molecule has 1 aromatic carbocycles. The summed E-state index contributed by atoms with van der Waals surface area (Å²) in [5, 5.41) is 0.989. The number of pyridine rings is 1. The van der Waals surface area contributed by atoms with Gasteiger partial charge in [-0.05, 0) is 36.8 Å². The van der Waals surface area contributed by atoms with Crippen LogP contribution in [0, 0.1) is 0 Å². The van der Waals surface area contributed by atoms with Gasteiger partial charge in [-0.15, -0.1) is 0 Å². The molecule has 0 unspecified atom stereocenters. The first-order valence-corrected chi connectivity index (χ1v) is 6.79. The molecular weight excluding hydrogens is 252 g/mol. The summed E-state index contributed by atoms with van der Waals surface area (Å²) in [5.74, 6) is 0.426. The van der Waals surface area contributed by atoms with Crippen LogP contribution < -0.4 is 16.4 Å². The molecule has 1 amide bonds. The zero-order chi connectivity index (χ0) is 14.5. The van der Waals surface area contributed by atoms with Gasteiger partial charge in [0.1, 0.15) is 5.82 Å². The molecule has 2 rings (SSSR count). The monoisotopic (exact) mass is 272 g/mol. The van der Waals surface area contributed by atoms with Crippen LogP contribution >= 0.6 is 0 Å². The Morgan fingerprint density at radius 1 is 1.30 bits per heavy atom. The molecule has 0 atom stereocenters. The fraction of sp³-hybridized carbons (Fsp3) is 0.333. The number of anilines is 2. The van der Waals surface area contributed by atoms with E-state index in [0.717, 1.165) is 36.1 Å². The number of hydrogen-bond acceptors (Lipinski definition) is 4. The smallest absolute Gasteiger partial charge is 0.236 e. The number of unbranched alkanes of at least 4 members (excludes halogenated alkanes) is 1. The van der Waals surface area contributed by atoms with E-state index in [2.05, 4.69) is 11.9 Å². The summed E-state index contributed by atoms with van der Waals surface area (Å²) in [7, 11) is 0. The van der Waals surface area contributed by atoms with Gasteiger partial charge in [0.25, 0.3) is 0 Å². The summed E-state index contributed by atoms with van der Waals surface area (Å²) in [5.41, 5.74) is 12.6.